The van der Waals surface area contributed by atoms with E-state index in [0.717, 1.165) is 70.4 Å². The Hall–Kier alpha value is -3.10. The molecule has 0 unspecified atom stereocenters. The minimum atomic E-state index is -0.517. The number of pyridine rings is 1. The molecule has 0 saturated carbocycles. The molecule has 5 N–H and O–H groups in total. The number of imidazole rings is 1. The van der Waals surface area contributed by atoms with Crippen LogP contribution in [-0.4, -0.2) is 38.0 Å². The number of carbonyl (C=O) groups is 1. The van der Waals surface area contributed by atoms with Gasteiger partial charge in [-0.25, -0.2) is 9.97 Å². The summed E-state index contributed by atoms with van der Waals surface area (Å²) in [5.74, 6) is 2.95. The monoisotopic (exact) mass is 490 g/mol. The quantitative estimate of drug-likeness (QED) is 0.256. The molecule has 35 heavy (non-hydrogen) atoms. The van der Waals surface area contributed by atoms with Crippen molar-refractivity contribution in [3.05, 3.63) is 59.9 Å². The lowest BCUT2D eigenvalue weighted by molar-refractivity contribution is -0.116. The van der Waals surface area contributed by atoms with Crippen LogP contribution in [0.3, 0.4) is 0 Å². The summed E-state index contributed by atoms with van der Waals surface area (Å²) in [6, 6.07) is 15.5. The smallest absolute Gasteiger partial charge is 0.242 e. The molecule has 4 rings (SSSR count). The van der Waals surface area contributed by atoms with Crippen molar-refractivity contribution < 1.29 is 4.79 Å². The van der Waals surface area contributed by atoms with Crippen LogP contribution in [0.15, 0.2) is 48.5 Å². The molecule has 0 aliphatic heterocycles. The van der Waals surface area contributed by atoms with Gasteiger partial charge in [-0.2, -0.15) is 11.8 Å². The van der Waals surface area contributed by atoms with E-state index in [9.17, 15) is 4.79 Å². The Bertz CT molecular complexity index is 1300. The molecule has 2 aromatic carbocycles. The first-order chi connectivity index (χ1) is 17.0. The molecule has 7 nitrogen and oxygen atoms in total. The van der Waals surface area contributed by atoms with Crippen LogP contribution < -0.4 is 16.8 Å². The van der Waals surface area contributed by atoms with Gasteiger partial charge in [0.25, 0.3) is 0 Å². The van der Waals surface area contributed by atoms with Gasteiger partial charge in [0.05, 0.1) is 17.1 Å². The average molecular weight is 491 g/mol. The zero-order chi connectivity index (χ0) is 24.8. The number of nitrogens with zero attached hydrogens (tertiary/aromatic N) is 3. The van der Waals surface area contributed by atoms with Crippen molar-refractivity contribution in [3.63, 3.8) is 0 Å². The lowest BCUT2D eigenvalue weighted by Crippen LogP contribution is -2.37. The Morgan fingerprint density at radius 3 is 2.60 bits per heavy atom. The lowest BCUT2D eigenvalue weighted by atomic mass is 10.1. The Kier molecular flexibility index (Phi) is 8.25. The van der Waals surface area contributed by atoms with Crippen LogP contribution in [0, 0.1) is 0 Å². The van der Waals surface area contributed by atoms with Crippen LogP contribution in [-0.2, 0) is 17.8 Å². The maximum Gasteiger partial charge on any atom is 0.242 e. The van der Waals surface area contributed by atoms with Crippen LogP contribution in [0.4, 0.5) is 11.5 Å². The minimum Gasteiger partial charge on any atom is -0.382 e. The third-order valence-electron chi connectivity index (χ3n) is 5.99. The Morgan fingerprint density at radius 2 is 1.86 bits per heavy atom. The molecule has 1 atom stereocenters. The molecule has 2 heterocycles. The Morgan fingerprint density at radius 1 is 1.09 bits per heavy atom. The summed E-state index contributed by atoms with van der Waals surface area (Å²) in [7, 11) is 0. The fourth-order valence-electron chi connectivity index (χ4n) is 4.14. The summed E-state index contributed by atoms with van der Waals surface area (Å²) >= 11 is 1.71. The first kappa shape index (κ1) is 25.0. The maximum absolute atomic E-state index is 12.4. The van der Waals surface area contributed by atoms with Gasteiger partial charge < -0.3 is 21.4 Å². The molecule has 0 bridgehead atoms. The zero-order valence-electron chi connectivity index (χ0n) is 20.5. The standard InChI is InChI=1S/C27H34N6OS/c1-3-5-10-23-32-24-25(20-8-6-7-9-22(20)31-26(24)29)33(23)16-18-11-13-19(14-12-18)30-27(34)21(28)17-35-15-4-2/h6-9,11-14,21H,3-5,10,15-17,28H2,1-2H3,(H2,29,31)(H,30,34)/t21-/m0/s1. The van der Waals surface area contributed by atoms with E-state index in [2.05, 4.69) is 34.8 Å². The van der Waals surface area contributed by atoms with Crippen molar-refractivity contribution in [2.45, 2.75) is 52.1 Å². The van der Waals surface area contributed by atoms with Gasteiger partial charge in [0.1, 0.15) is 11.3 Å². The number of para-hydroxylation sites is 1. The number of unbranched alkanes of at least 4 members (excludes halogenated alkanes) is 1. The predicted octanol–water partition coefficient (Wildman–Crippen LogP) is 4.97. The normalized spacial score (nSPS) is 12.3. The molecule has 2 aromatic heterocycles. The van der Waals surface area contributed by atoms with Gasteiger partial charge in [-0.1, -0.05) is 50.6 Å². The fraction of sp³-hybridized carbons (Fsp3) is 0.370. The molecular weight excluding hydrogens is 456 g/mol. The largest absolute Gasteiger partial charge is 0.382 e. The lowest BCUT2D eigenvalue weighted by Gasteiger charge is -2.13. The van der Waals surface area contributed by atoms with E-state index in [1.54, 1.807) is 11.8 Å². The van der Waals surface area contributed by atoms with Gasteiger partial charge >= 0.3 is 0 Å². The maximum atomic E-state index is 12.4. The van der Waals surface area contributed by atoms with Crippen molar-refractivity contribution in [1.82, 2.24) is 14.5 Å². The number of nitrogens with two attached hydrogens (primary N) is 2. The van der Waals surface area contributed by atoms with Gasteiger partial charge in [0.2, 0.25) is 5.91 Å². The number of aryl methyl sites for hydroxylation is 1. The number of hydrogen-bond donors (Lipinski definition) is 3. The number of aromatic nitrogens is 3. The average Bonchev–Trinajstić information content (AvgIpc) is 3.23. The third-order valence-corrected chi connectivity index (χ3v) is 7.28. The second-order valence-corrected chi connectivity index (χ2v) is 9.95. The van der Waals surface area contributed by atoms with Gasteiger partial charge in [-0.15, -0.1) is 0 Å². The first-order valence-corrected chi connectivity index (χ1v) is 13.4. The molecule has 0 radical (unpaired) electrons. The van der Waals surface area contributed by atoms with E-state index in [-0.39, 0.29) is 5.91 Å². The van der Waals surface area contributed by atoms with E-state index in [1.807, 2.05) is 42.5 Å². The number of fused-ring (bicyclic) bond motifs is 3. The highest BCUT2D eigenvalue weighted by Crippen LogP contribution is 2.30. The Labute approximate surface area is 210 Å². The first-order valence-electron chi connectivity index (χ1n) is 12.3. The van der Waals surface area contributed by atoms with Crippen LogP contribution >= 0.6 is 11.8 Å². The van der Waals surface area contributed by atoms with Crippen LogP contribution in [0.2, 0.25) is 0 Å². The molecule has 0 aliphatic rings. The van der Waals surface area contributed by atoms with Crippen LogP contribution in [0.5, 0.6) is 0 Å². The van der Waals surface area contributed by atoms with Crippen LogP contribution in [0.1, 0.15) is 44.5 Å². The molecule has 0 spiro atoms. The van der Waals surface area contributed by atoms with Crippen molar-refractivity contribution in [3.8, 4) is 0 Å². The fourth-order valence-corrected chi connectivity index (χ4v) is 5.00. The summed E-state index contributed by atoms with van der Waals surface area (Å²) in [5, 5.41) is 3.98. The Balaban J connectivity index is 1.59. The molecule has 184 valence electrons. The van der Waals surface area contributed by atoms with Gasteiger partial charge in [0.15, 0.2) is 5.82 Å². The molecule has 1 amide bonds. The molecule has 0 aliphatic carbocycles. The molecule has 0 saturated heterocycles. The number of anilines is 2. The summed E-state index contributed by atoms with van der Waals surface area (Å²) in [4.78, 5) is 21.9. The number of nitrogen functional groups attached to an aromatic ring is 1. The highest BCUT2D eigenvalue weighted by molar-refractivity contribution is 7.99. The predicted molar refractivity (Wildman–Crippen MR) is 148 cm³/mol. The second-order valence-electron chi connectivity index (χ2n) is 8.80. The molecule has 8 heteroatoms. The van der Waals surface area contributed by atoms with Crippen molar-refractivity contribution in [1.29, 1.82) is 0 Å². The number of benzene rings is 2. The van der Waals surface area contributed by atoms with Crippen molar-refractivity contribution in [2.24, 2.45) is 5.73 Å². The van der Waals surface area contributed by atoms with E-state index < -0.39 is 6.04 Å². The minimum absolute atomic E-state index is 0.154. The van der Waals surface area contributed by atoms with Gasteiger partial charge in [-0.3, -0.25) is 4.79 Å². The van der Waals surface area contributed by atoms with Gasteiger partial charge in [0, 0.05) is 29.8 Å². The highest BCUT2D eigenvalue weighted by atomic mass is 32.2. The highest BCUT2D eigenvalue weighted by Gasteiger charge is 2.18. The summed E-state index contributed by atoms with van der Waals surface area (Å²) in [6.45, 7) is 4.96. The van der Waals surface area contributed by atoms with E-state index in [4.69, 9.17) is 16.5 Å². The van der Waals surface area contributed by atoms with E-state index >= 15 is 0 Å². The third kappa shape index (κ3) is 5.77. The van der Waals surface area contributed by atoms with Crippen molar-refractivity contribution in [2.75, 3.05) is 22.6 Å². The van der Waals surface area contributed by atoms with Crippen molar-refractivity contribution >= 4 is 51.1 Å². The second kappa shape index (κ2) is 11.6. The summed E-state index contributed by atoms with van der Waals surface area (Å²) < 4.78 is 2.26. The number of hydrogen-bond acceptors (Lipinski definition) is 6. The summed E-state index contributed by atoms with van der Waals surface area (Å²) in [6.07, 6.45) is 4.09. The number of nitrogens with one attached hydrogen (secondary N) is 1. The number of amides is 1. The number of carbonyl (C=O) groups excluding carboxylic acids is 1. The van der Waals surface area contributed by atoms with Crippen LogP contribution in [0.25, 0.3) is 21.9 Å². The van der Waals surface area contributed by atoms with Gasteiger partial charge in [-0.05, 0) is 42.4 Å². The number of thioether (sulfide) groups is 1. The molecule has 4 aromatic rings. The number of rotatable bonds is 11. The molecule has 0 fully saturated rings. The zero-order valence-corrected chi connectivity index (χ0v) is 21.3. The van der Waals surface area contributed by atoms with E-state index in [0.29, 0.717) is 18.1 Å². The topological polar surface area (TPSA) is 112 Å². The molecular formula is C27H34N6OS. The SMILES string of the molecule is CCCCc1nc2c(N)nc3ccccc3c2n1Cc1ccc(NC(=O)[C@@H](N)CSCCC)cc1. The van der Waals surface area contributed by atoms with E-state index in [1.165, 1.54) is 0 Å². The summed E-state index contributed by atoms with van der Waals surface area (Å²) in [5.41, 5.74) is 16.9.